The van der Waals surface area contributed by atoms with Crippen molar-refractivity contribution >= 4 is 56.2 Å². The summed E-state index contributed by atoms with van der Waals surface area (Å²) < 4.78 is 41.8. The second-order valence-corrected chi connectivity index (χ2v) is 14.4. The van der Waals surface area contributed by atoms with Crippen LogP contribution in [0.1, 0.15) is 63.3 Å². The van der Waals surface area contributed by atoms with Gasteiger partial charge in [-0.05, 0) is 76.8 Å². The maximum atomic E-state index is 13.5. The summed E-state index contributed by atoms with van der Waals surface area (Å²) in [6.07, 6.45) is 2.67. The Morgan fingerprint density at radius 1 is 1.29 bits per heavy atom. The minimum atomic E-state index is -5.03. The molecule has 2 aromatic rings. The van der Waals surface area contributed by atoms with Gasteiger partial charge < -0.3 is 36.8 Å². The number of hydrogen-bond acceptors (Lipinski definition) is 14. The maximum Gasteiger partial charge on any atom is 0.418 e. The van der Waals surface area contributed by atoms with Gasteiger partial charge in [-0.1, -0.05) is 11.6 Å². The molecular formula is C29H38N8O10S2. The van der Waals surface area contributed by atoms with Crippen LogP contribution in [0.2, 0.25) is 0 Å². The lowest BCUT2D eigenvalue weighted by atomic mass is 9.84. The Kier molecular flexibility index (Phi) is 10.2. The van der Waals surface area contributed by atoms with Crippen LogP contribution >= 0.6 is 11.3 Å². The van der Waals surface area contributed by atoms with Gasteiger partial charge in [-0.15, -0.1) is 15.6 Å². The van der Waals surface area contributed by atoms with E-state index in [-0.39, 0.29) is 23.3 Å². The molecule has 1 aromatic carbocycles. The van der Waals surface area contributed by atoms with Crippen LogP contribution in [0.3, 0.4) is 0 Å². The first-order chi connectivity index (χ1) is 23.0. The van der Waals surface area contributed by atoms with Crippen molar-refractivity contribution in [2.24, 2.45) is 15.9 Å². The number of amidine groups is 1. The molecule has 4 atom stereocenters. The molecule has 49 heavy (non-hydrogen) atoms. The highest BCUT2D eigenvalue weighted by molar-refractivity contribution is 7.80. The molecule has 8 N–H and O–H groups in total. The fourth-order valence-corrected chi connectivity index (χ4v) is 6.72. The van der Waals surface area contributed by atoms with Gasteiger partial charge in [-0.3, -0.25) is 19.1 Å². The first-order valence-corrected chi connectivity index (χ1v) is 17.6. The minimum Gasteiger partial charge on any atom is -0.485 e. The van der Waals surface area contributed by atoms with E-state index in [1.807, 2.05) is 6.07 Å². The van der Waals surface area contributed by atoms with Gasteiger partial charge in [0.05, 0.1) is 11.6 Å². The number of rotatable bonds is 11. The second-order valence-electron chi connectivity index (χ2n) is 12.5. The van der Waals surface area contributed by atoms with Crippen LogP contribution in [-0.4, -0.2) is 99.9 Å². The fraction of sp³-hybridized carbons (Fsp3) is 0.517. The molecule has 18 nitrogen and oxygen atoms in total. The number of carboxylic acid groups (broad SMARTS) is 1. The third-order valence-electron chi connectivity index (χ3n) is 8.61. The number of aliphatic carboxylic acids is 1. The van der Waals surface area contributed by atoms with Gasteiger partial charge in [0, 0.05) is 17.5 Å². The summed E-state index contributed by atoms with van der Waals surface area (Å²) in [5, 5.41) is 21.8. The van der Waals surface area contributed by atoms with Crippen molar-refractivity contribution in [1.82, 2.24) is 20.7 Å². The van der Waals surface area contributed by atoms with E-state index in [0.29, 0.717) is 23.1 Å². The first-order valence-electron chi connectivity index (χ1n) is 15.4. The standard InChI is InChI=1S/C29H38N8O10S2/c1-28(2)22(25(39)37(28)47-49(42,43)44)35-24(38)21(18-14-48-27(31)34-18)36-46-29(3,26(40)41)20-10-8-15-12-16(7-9-19(15)45-20)23(30)33-17-6-4-5-11-32-13-17/h7,9,12,14,17,20,22,32H,4-6,8,10-11,13H2,1-3H3,(H2,30,33)(H2,31,34)(H,35,38)(H,40,41)(H,42,43,44)/b36-21-/t17-,20-,22-,29?/m1/s1. The van der Waals surface area contributed by atoms with E-state index >= 15 is 0 Å². The predicted octanol–water partition coefficient (Wildman–Crippen LogP) is 0.371. The van der Waals surface area contributed by atoms with Crippen molar-refractivity contribution in [1.29, 1.82) is 0 Å². The fourth-order valence-electron chi connectivity index (χ4n) is 5.71. The zero-order valence-corrected chi connectivity index (χ0v) is 28.5. The van der Waals surface area contributed by atoms with Gasteiger partial charge in [0.25, 0.3) is 17.4 Å². The van der Waals surface area contributed by atoms with E-state index in [4.69, 9.17) is 30.6 Å². The van der Waals surface area contributed by atoms with Crippen LogP contribution in [-0.2, 0) is 40.3 Å². The number of carbonyl (C=O) groups is 3. The average Bonchev–Trinajstić information content (AvgIpc) is 3.30. The van der Waals surface area contributed by atoms with Gasteiger partial charge in [0.15, 0.2) is 16.9 Å². The number of carboxylic acids is 1. The molecule has 2 amide bonds. The number of nitrogens with one attached hydrogen (secondary N) is 2. The van der Waals surface area contributed by atoms with Crippen LogP contribution in [0.25, 0.3) is 0 Å². The SMILES string of the molecule is CC(O/N=C(\C(=O)N[C@@H]1C(=O)N(OS(=O)(=O)O)C1(C)C)c1csc(N)n1)(C(=O)O)[C@H]1CCc2cc(C(N)=N[C@@H]3CCCCNC3)ccc2O1. The summed E-state index contributed by atoms with van der Waals surface area (Å²) in [6.45, 7) is 5.71. The van der Waals surface area contributed by atoms with Crippen LogP contribution in [0.15, 0.2) is 33.7 Å². The lowest BCUT2D eigenvalue weighted by Gasteiger charge is -2.50. The Balaban J connectivity index is 1.34. The summed E-state index contributed by atoms with van der Waals surface area (Å²) in [7, 11) is -5.03. The van der Waals surface area contributed by atoms with Gasteiger partial charge >= 0.3 is 16.4 Å². The number of amides is 2. The molecule has 20 heteroatoms. The highest BCUT2D eigenvalue weighted by Crippen LogP contribution is 2.35. The van der Waals surface area contributed by atoms with E-state index in [9.17, 15) is 27.9 Å². The number of hydroxylamine groups is 2. The molecule has 0 radical (unpaired) electrons. The van der Waals surface area contributed by atoms with Crippen molar-refractivity contribution in [3.05, 3.63) is 40.4 Å². The van der Waals surface area contributed by atoms with Gasteiger partial charge in [0.2, 0.25) is 0 Å². The van der Waals surface area contributed by atoms with Crippen molar-refractivity contribution in [3.8, 4) is 5.75 Å². The molecule has 2 fully saturated rings. The monoisotopic (exact) mass is 722 g/mol. The Morgan fingerprint density at radius 3 is 2.69 bits per heavy atom. The number of hydrogen-bond donors (Lipinski definition) is 6. The molecule has 4 heterocycles. The Hall–Kier alpha value is -4.37. The summed E-state index contributed by atoms with van der Waals surface area (Å²) in [5.74, 6) is -2.60. The highest BCUT2D eigenvalue weighted by Gasteiger charge is 2.58. The number of oxime groups is 1. The van der Waals surface area contributed by atoms with E-state index in [2.05, 4.69) is 25.1 Å². The Bertz CT molecular complexity index is 1790. The van der Waals surface area contributed by atoms with Crippen LogP contribution in [0.5, 0.6) is 5.75 Å². The van der Waals surface area contributed by atoms with Crippen LogP contribution in [0.4, 0.5) is 5.13 Å². The van der Waals surface area contributed by atoms with E-state index < -0.39 is 57.2 Å². The molecule has 0 saturated carbocycles. The molecule has 1 aromatic heterocycles. The molecule has 3 aliphatic rings. The number of carbonyl (C=O) groups excluding carboxylic acids is 2. The molecule has 1 unspecified atom stereocenters. The van der Waals surface area contributed by atoms with Gasteiger partial charge in [-0.25, -0.2) is 9.78 Å². The summed E-state index contributed by atoms with van der Waals surface area (Å²) in [4.78, 5) is 53.1. The lowest BCUT2D eigenvalue weighted by Crippen LogP contribution is -2.76. The number of thiazole rings is 1. The normalized spacial score (nSPS) is 24.0. The topological polar surface area (TPSA) is 270 Å². The van der Waals surface area contributed by atoms with Gasteiger partial charge in [-0.2, -0.15) is 13.5 Å². The van der Waals surface area contributed by atoms with Crippen molar-refractivity contribution in [2.45, 2.75) is 82.2 Å². The number of aryl methyl sites for hydroxylation is 1. The number of aromatic nitrogens is 1. The van der Waals surface area contributed by atoms with Crippen LogP contribution in [0, 0.1) is 0 Å². The molecule has 2 saturated heterocycles. The molecular weight excluding hydrogens is 684 g/mol. The molecule has 0 aliphatic carbocycles. The van der Waals surface area contributed by atoms with E-state index in [1.165, 1.54) is 26.2 Å². The third-order valence-corrected chi connectivity index (χ3v) is 9.62. The zero-order valence-electron chi connectivity index (χ0n) is 26.9. The molecule has 5 rings (SSSR count). The maximum absolute atomic E-state index is 13.5. The Labute approximate surface area is 285 Å². The van der Waals surface area contributed by atoms with E-state index in [0.717, 1.165) is 54.8 Å². The zero-order chi connectivity index (χ0) is 35.7. The van der Waals surface area contributed by atoms with Crippen molar-refractivity contribution in [2.75, 3.05) is 18.8 Å². The first kappa shape index (κ1) is 35.9. The quantitative estimate of drug-likeness (QED) is 0.0602. The summed E-state index contributed by atoms with van der Waals surface area (Å²) in [6, 6.07) is 4.06. The predicted molar refractivity (Wildman–Crippen MR) is 176 cm³/mol. The van der Waals surface area contributed by atoms with Gasteiger partial charge in [0.1, 0.15) is 23.3 Å². The lowest BCUT2D eigenvalue weighted by molar-refractivity contribution is -0.218. The second kappa shape index (κ2) is 13.9. The number of β-lactam (4-membered cyclic amide) rings is 1. The minimum absolute atomic E-state index is 0.0625. The number of fused-ring (bicyclic) bond motifs is 1. The van der Waals surface area contributed by atoms with E-state index in [1.54, 1.807) is 12.1 Å². The number of nitrogen functional groups attached to an aromatic ring is 1. The number of nitrogens with zero attached hydrogens (tertiary/aromatic N) is 4. The molecule has 266 valence electrons. The van der Waals surface area contributed by atoms with Crippen LogP contribution < -0.4 is 26.8 Å². The number of ether oxygens (including phenoxy) is 1. The van der Waals surface area contributed by atoms with Crippen molar-refractivity contribution < 1.29 is 46.3 Å². The number of benzene rings is 1. The smallest absolute Gasteiger partial charge is 0.418 e. The molecule has 0 spiro atoms. The Morgan fingerprint density at radius 2 is 2.04 bits per heavy atom. The van der Waals surface area contributed by atoms with Crippen molar-refractivity contribution in [3.63, 3.8) is 0 Å². The average molecular weight is 723 g/mol. The third kappa shape index (κ3) is 7.77. The molecule has 0 bridgehead atoms. The number of nitrogens with two attached hydrogens (primary N) is 2. The molecule has 3 aliphatic heterocycles. The summed E-state index contributed by atoms with van der Waals surface area (Å²) in [5.41, 5.74) is 9.50. The highest BCUT2D eigenvalue weighted by atomic mass is 32.3. The number of anilines is 1. The largest absolute Gasteiger partial charge is 0.485 e. The summed E-state index contributed by atoms with van der Waals surface area (Å²) >= 11 is 0.969. The number of aliphatic imine (C=N–C) groups is 1.